The zero-order chi connectivity index (χ0) is 17.8. The Balaban J connectivity index is 1.88. The molecule has 0 aliphatic heterocycles. The van der Waals surface area contributed by atoms with Gasteiger partial charge in [0.2, 0.25) is 0 Å². The second-order valence-electron chi connectivity index (χ2n) is 5.31. The molecule has 0 saturated heterocycles. The van der Waals surface area contributed by atoms with Gasteiger partial charge in [-0.05, 0) is 40.7 Å². The topological polar surface area (TPSA) is 90.9 Å². The molecule has 0 radical (unpaired) electrons. The summed E-state index contributed by atoms with van der Waals surface area (Å²) in [5.74, 6) is -0.707. The Bertz CT molecular complexity index is 907. The molecule has 0 N–H and O–H groups in total. The van der Waals surface area contributed by atoms with E-state index in [-0.39, 0.29) is 12.3 Å². The maximum atomic E-state index is 12.4. The number of Topliss-reactive ketones (excluding diaryl/α,β-unsaturated/α-hetero) is 1. The summed E-state index contributed by atoms with van der Waals surface area (Å²) in [4.78, 5) is 27.5. The van der Waals surface area contributed by atoms with Crippen molar-refractivity contribution in [3.8, 4) is 0 Å². The summed E-state index contributed by atoms with van der Waals surface area (Å²) in [5, 5.41) is 15.2. The van der Waals surface area contributed by atoms with Crippen molar-refractivity contribution < 1.29 is 9.72 Å². The average molecular weight is 354 g/mol. The minimum Gasteiger partial charge on any atom is -0.390 e. The number of nitrogens with zero attached hydrogens (tertiary/aromatic N) is 4. The van der Waals surface area contributed by atoms with E-state index in [1.807, 2.05) is 37.3 Å². The van der Waals surface area contributed by atoms with Crippen molar-refractivity contribution in [3.05, 3.63) is 75.8 Å². The maximum Gasteiger partial charge on any atom is 0.492 e. The molecule has 1 heterocycles. The van der Waals surface area contributed by atoms with E-state index in [2.05, 4.69) is 10.1 Å². The smallest absolute Gasteiger partial charge is 0.390 e. The Labute approximate surface area is 147 Å². The molecule has 1 aromatic heterocycles. The minimum absolute atomic E-state index is 0.112. The average Bonchev–Trinajstić information content (AvgIpc) is 3.00. The molecule has 126 valence electrons. The van der Waals surface area contributed by atoms with E-state index in [1.54, 1.807) is 24.3 Å². The molecule has 0 saturated carbocycles. The van der Waals surface area contributed by atoms with Crippen LogP contribution in [0.15, 0.2) is 64.6 Å². The summed E-state index contributed by atoms with van der Waals surface area (Å²) in [7, 11) is 0. The lowest BCUT2D eigenvalue weighted by Crippen LogP contribution is -2.12. The first-order chi connectivity index (χ1) is 12.0. The van der Waals surface area contributed by atoms with Gasteiger partial charge >= 0.3 is 5.95 Å². The van der Waals surface area contributed by atoms with Gasteiger partial charge in [0.05, 0.1) is 0 Å². The zero-order valence-corrected chi connectivity index (χ0v) is 14.1. The highest BCUT2D eigenvalue weighted by Gasteiger charge is 2.24. The number of carbonyl (C=O) groups excluding carboxylic acids is 1. The van der Waals surface area contributed by atoms with Crippen molar-refractivity contribution in [1.29, 1.82) is 0 Å². The van der Waals surface area contributed by atoms with Crippen molar-refractivity contribution in [3.63, 3.8) is 0 Å². The van der Waals surface area contributed by atoms with Crippen LogP contribution in [0.1, 0.15) is 15.9 Å². The van der Waals surface area contributed by atoms with Gasteiger partial charge in [-0.15, -0.1) is 0 Å². The SMILES string of the molecule is Cc1ccc(Sc2nc([N+](=O)[O-])nn2CC(=O)c2ccccc2)cc1. The fourth-order valence-corrected chi connectivity index (χ4v) is 2.96. The number of hydrogen-bond donors (Lipinski definition) is 0. The number of nitro groups is 1. The minimum atomic E-state index is -0.664. The van der Waals surface area contributed by atoms with Crippen molar-refractivity contribution in [2.24, 2.45) is 0 Å². The Hall–Kier alpha value is -3.00. The molecule has 0 spiro atoms. The lowest BCUT2D eigenvalue weighted by molar-refractivity contribution is -0.394. The molecule has 0 atom stereocenters. The van der Waals surface area contributed by atoms with Gasteiger partial charge in [0, 0.05) is 15.6 Å². The number of aryl methyl sites for hydroxylation is 1. The number of rotatable bonds is 6. The number of carbonyl (C=O) groups is 1. The molecule has 0 unspecified atom stereocenters. The van der Waals surface area contributed by atoms with Crippen molar-refractivity contribution >= 4 is 23.5 Å². The predicted molar refractivity (Wildman–Crippen MR) is 92.8 cm³/mol. The first-order valence-electron chi connectivity index (χ1n) is 7.45. The lowest BCUT2D eigenvalue weighted by Gasteiger charge is -2.02. The quantitative estimate of drug-likeness (QED) is 0.382. The van der Waals surface area contributed by atoms with E-state index < -0.39 is 10.9 Å². The molecular weight excluding hydrogens is 340 g/mol. The predicted octanol–water partition coefficient (Wildman–Crippen LogP) is 3.53. The molecule has 0 aliphatic carbocycles. The van der Waals surface area contributed by atoms with Crippen LogP contribution in [0.25, 0.3) is 0 Å². The zero-order valence-electron chi connectivity index (χ0n) is 13.3. The van der Waals surface area contributed by atoms with E-state index >= 15 is 0 Å². The second kappa shape index (κ2) is 7.27. The number of hydrogen-bond acceptors (Lipinski definition) is 6. The normalized spacial score (nSPS) is 10.6. The standard InChI is InChI=1S/C17H14N4O3S/c1-12-7-9-14(10-8-12)25-17-18-16(21(23)24)19-20(17)11-15(22)13-5-3-2-4-6-13/h2-10H,11H2,1H3. The fraction of sp³-hybridized carbons (Fsp3) is 0.118. The van der Waals surface area contributed by atoms with Gasteiger partial charge in [-0.2, -0.15) is 4.68 Å². The van der Waals surface area contributed by atoms with Gasteiger partial charge in [0.1, 0.15) is 6.54 Å². The van der Waals surface area contributed by atoms with Crippen LogP contribution < -0.4 is 0 Å². The van der Waals surface area contributed by atoms with Crippen LogP contribution in [-0.4, -0.2) is 25.5 Å². The van der Waals surface area contributed by atoms with Crippen molar-refractivity contribution in [2.75, 3.05) is 0 Å². The van der Waals surface area contributed by atoms with Gasteiger partial charge in [0.15, 0.2) is 5.78 Å². The highest BCUT2D eigenvalue weighted by atomic mass is 32.2. The third-order valence-electron chi connectivity index (χ3n) is 3.41. The van der Waals surface area contributed by atoms with Crippen molar-refractivity contribution in [2.45, 2.75) is 23.5 Å². The molecular formula is C17H14N4O3S. The maximum absolute atomic E-state index is 12.4. The summed E-state index contributed by atoms with van der Waals surface area (Å²) < 4.78 is 1.28. The van der Waals surface area contributed by atoms with Crippen LogP contribution in [0.2, 0.25) is 0 Å². The van der Waals surface area contributed by atoms with Gasteiger partial charge in [-0.25, -0.2) is 0 Å². The molecule has 0 fully saturated rings. The first kappa shape index (κ1) is 16.8. The molecule has 3 aromatic rings. The first-order valence-corrected chi connectivity index (χ1v) is 8.26. The Kier molecular flexibility index (Phi) is 4.90. The van der Waals surface area contributed by atoms with E-state index in [0.717, 1.165) is 10.5 Å². The Morgan fingerprint density at radius 3 is 2.48 bits per heavy atom. The van der Waals surface area contributed by atoms with E-state index in [1.165, 1.54) is 16.4 Å². The molecule has 2 aromatic carbocycles. The molecule has 25 heavy (non-hydrogen) atoms. The molecule has 8 heteroatoms. The summed E-state index contributed by atoms with van der Waals surface area (Å²) in [6.07, 6.45) is 0. The summed E-state index contributed by atoms with van der Waals surface area (Å²) in [6.45, 7) is 1.86. The molecule has 3 rings (SSSR count). The number of aromatic nitrogens is 3. The Morgan fingerprint density at radius 2 is 1.84 bits per heavy atom. The summed E-state index contributed by atoms with van der Waals surface area (Å²) in [6, 6.07) is 16.4. The highest BCUT2D eigenvalue weighted by Crippen LogP contribution is 2.28. The third kappa shape index (κ3) is 4.10. The van der Waals surface area contributed by atoms with Gasteiger partial charge < -0.3 is 10.1 Å². The molecule has 0 amide bonds. The summed E-state index contributed by atoms with van der Waals surface area (Å²) >= 11 is 1.23. The monoisotopic (exact) mass is 354 g/mol. The van der Waals surface area contributed by atoms with E-state index in [9.17, 15) is 14.9 Å². The number of ketones is 1. The molecule has 0 bridgehead atoms. The number of benzene rings is 2. The third-order valence-corrected chi connectivity index (χ3v) is 4.40. The largest absolute Gasteiger partial charge is 0.492 e. The summed E-state index contributed by atoms with van der Waals surface area (Å²) in [5.41, 5.74) is 1.63. The Morgan fingerprint density at radius 1 is 1.16 bits per heavy atom. The fourth-order valence-electron chi connectivity index (χ4n) is 2.14. The van der Waals surface area contributed by atoms with Crippen molar-refractivity contribution in [1.82, 2.24) is 14.8 Å². The second-order valence-corrected chi connectivity index (χ2v) is 6.35. The van der Waals surface area contributed by atoms with Crippen LogP contribution >= 0.6 is 11.8 Å². The van der Waals surface area contributed by atoms with Crippen LogP contribution in [0.5, 0.6) is 0 Å². The van der Waals surface area contributed by atoms with Crippen LogP contribution in [0.3, 0.4) is 0 Å². The molecule has 0 aliphatic rings. The van der Waals surface area contributed by atoms with Crippen LogP contribution in [0.4, 0.5) is 5.95 Å². The molecule has 7 nitrogen and oxygen atoms in total. The van der Waals surface area contributed by atoms with E-state index in [0.29, 0.717) is 10.7 Å². The lowest BCUT2D eigenvalue weighted by atomic mass is 10.1. The van der Waals surface area contributed by atoms with E-state index in [4.69, 9.17) is 0 Å². The van der Waals surface area contributed by atoms with Gasteiger partial charge in [-0.3, -0.25) is 4.79 Å². The highest BCUT2D eigenvalue weighted by molar-refractivity contribution is 7.99. The van der Waals surface area contributed by atoms with Gasteiger partial charge in [0.25, 0.3) is 5.16 Å². The van der Waals surface area contributed by atoms with Crippen LogP contribution in [-0.2, 0) is 6.54 Å². The van der Waals surface area contributed by atoms with Gasteiger partial charge in [-0.1, -0.05) is 48.0 Å². The van der Waals surface area contributed by atoms with Crippen LogP contribution in [0, 0.1) is 17.0 Å².